The first-order chi connectivity index (χ1) is 10.3. The van der Waals surface area contributed by atoms with Gasteiger partial charge in [-0.25, -0.2) is 0 Å². The van der Waals surface area contributed by atoms with Crippen molar-refractivity contribution in [3.8, 4) is 5.69 Å². The predicted octanol–water partition coefficient (Wildman–Crippen LogP) is 2.75. The second-order valence-corrected chi connectivity index (χ2v) is 6.12. The van der Waals surface area contributed by atoms with Crippen LogP contribution in [0.5, 0.6) is 0 Å². The van der Waals surface area contributed by atoms with Crippen molar-refractivity contribution in [3.05, 3.63) is 42.0 Å². The van der Waals surface area contributed by atoms with E-state index >= 15 is 0 Å². The number of nitrogens with zero attached hydrogens (tertiary/aromatic N) is 3. The summed E-state index contributed by atoms with van der Waals surface area (Å²) in [5.74, 6) is 3.42. The van der Waals surface area contributed by atoms with Crippen molar-refractivity contribution >= 4 is 0 Å². The third-order valence-electron chi connectivity index (χ3n) is 4.55. The highest BCUT2D eigenvalue weighted by atomic mass is 15.3. The van der Waals surface area contributed by atoms with Crippen LogP contribution in [0, 0.1) is 18.8 Å². The number of hydrogen-bond donors (Lipinski definition) is 1. The third kappa shape index (κ3) is 3.16. The van der Waals surface area contributed by atoms with Crippen LogP contribution in [0.25, 0.3) is 5.69 Å². The Balaban J connectivity index is 1.80. The Labute approximate surface area is 126 Å². The van der Waals surface area contributed by atoms with E-state index in [2.05, 4.69) is 51.3 Å². The van der Waals surface area contributed by atoms with Gasteiger partial charge in [0.1, 0.15) is 11.6 Å². The summed E-state index contributed by atoms with van der Waals surface area (Å²) in [6.07, 6.45) is 3.61. The molecule has 0 aliphatic carbocycles. The zero-order valence-electron chi connectivity index (χ0n) is 12.9. The fraction of sp³-hybridized carbons (Fsp3) is 0.529. The second-order valence-electron chi connectivity index (χ2n) is 6.12. The van der Waals surface area contributed by atoms with E-state index in [0.717, 1.165) is 36.2 Å². The lowest BCUT2D eigenvalue weighted by molar-refractivity contribution is 0.275. The monoisotopic (exact) mass is 284 g/mol. The molecule has 2 unspecified atom stereocenters. The Bertz CT molecular complexity index is 570. The number of rotatable bonds is 4. The standard InChI is InChI=1S/C17H24N4/c1-13(15-7-6-10-18-12-15)11-17-20-19-14(2)21(17)16-8-4-3-5-9-16/h3-5,8-9,13,15,18H,6-7,10-12H2,1-2H3. The maximum Gasteiger partial charge on any atom is 0.137 e. The molecule has 2 aromatic rings. The largest absolute Gasteiger partial charge is 0.316 e. The Kier molecular flexibility index (Phi) is 4.34. The highest BCUT2D eigenvalue weighted by molar-refractivity contribution is 5.33. The topological polar surface area (TPSA) is 42.7 Å². The van der Waals surface area contributed by atoms with Crippen LogP contribution < -0.4 is 5.32 Å². The highest BCUT2D eigenvalue weighted by Crippen LogP contribution is 2.24. The van der Waals surface area contributed by atoms with Crippen molar-refractivity contribution in [3.63, 3.8) is 0 Å². The number of para-hydroxylation sites is 1. The maximum absolute atomic E-state index is 4.42. The first-order valence-corrected chi connectivity index (χ1v) is 7.92. The van der Waals surface area contributed by atoms with Gasteiger partial charge in [-0.3, -0.25) is 4.57 Å². The summed E-state index contributed by atoms with van der Waals surface area (Å²) < 4.78 is 2.19. The molecule has 1 aliphatic rings. The molecule has 0 bridgehead atoms. The van der Waals surface area contributed by atoms with E-state index in [1.165, 1.54) is 19.4 Å². The summed E-state index contributed by atoms with van der Waals surface area (Å²) >= 11 is 0. The molecule has 3 rings (SSSR count). The van der Waals surface area contributed by atoms with Gasteiger partial charge in [-0.05, 0) is 56.8 Å². The Morgan fingerprint density at radius 1 is 1.29 bits per heavy atom. The average Bonchev–Trinajstić information content (AvgIpc) is 2.89. The normalized spacial score (nSPS) is 20.4. The lowest BCUT2D eigenvalue weighted by Crippen LogP contribution is -2.34. The summed E-state index contributed by atoms with van der Waals surface area (Å²) in [5, 5.41) is 12.2. The summed E-state index contributed by atoms with van der Waals surface area (Å²) in [5.41, 5.74) is 1.16. The molecule has 2 heterocycles. The van der Waals surface area contributed by atoms with Crippen LogP contribution in [0.2, 0.25) is 0 Å². The van der Waals surface area contributed by atoms with Crippen molar-refractivity contribution in [2.75, 3.05) is 13.1 Å². The van der Waals surface area contributed by atoms with E-state index < -0.39 is 0 Å². The van der Waals surface area contributed by atoms with Crippen molar-refractivity contribution in [2.24, 2.45) is 11.8 Å². The molecule has 112 valence electrons. The number of piperidine rings is 1. The number of aryl methyl sites for hydroxylation is 1. The van der Waals surface area contributed by atoms with Crippen LogP contribution in [0.4, 0.5) is 0 Å². The fourth-order valence-electron chi connectivity index (χ4n) is 3.27. The fourth-order valence-corrected chi connectivity index (χ4v) is 3.27. The molecule has 1 aliphatic heterocycles. The van der Waals surface area contributed by atoms with Gasteiger partial charge in [0.15, 0.2) is 0 Å². The van der Waals surface area contributed by atoms with Gasteiger partial charge in [0, 0.05) is 12.1 Å². The van der Waals surface area contributed by atoms with Gasteiger partial charge in [-0.1, -0.05) is 25.1 Å². The summed E-state index contributed by atoms with van der Waals surface area (Å²) in [4.78, 5) is 0. The molecule has 0 spiro atoms. The van der Waals surface area contributed by atoms with Gasteiger partial charge in [0.05, 0.1) is 0 Å². The van der Waals surface area contributed by atoms with Crippen molar-refractivity contribution < 1.29 is 0 Å². The average molecular weight is 284 g/mol. The number of hydrogen-bond acceptors (Lipinski definition) is 3. The highest BCUT2D eigenvalue weighted by Gasteiger charge is 2.22. The van der Waals surface area contributed by atoms with Gasteiger partial charge >= 0.3 is 0 Å². The molecule has 0 saturated carbocycles. The van der Waals surface area contributed by atoms with Crippen LogP contribution in [0.1, 0.15) is 31.4 Å². The molecule has 1 aromatic heterocycles. The molecule has 1 aromatic carbocycles. The minimum absolute atomic E-state index is 0.629. The first kappa shape index (κ1) is 14.3. The second kappa shape index (κ2) is 6.39. The summed E-state index contributed by atoms with van der Waals surface area (Å²) in [7, 11) is 0. The molecule has 4 heteroatoms. The van der Waals surface area contributed by atoms with E-state index in [9.17, 15) is 0 Å². The third-order valence-corrected chi connectivity index (χ3v) is 4.55. The minimum atomic E-state index is 0.629. The van der Waals surface area contributed by atoms with E-state index in [-0.39, 0.29) is 0 Å². The minimum Gasteiger partial charge on any atom is -0.316 e. The summed E-state index contributed by atoms with van der Waals surface area (Å²) in [6, 6.07) is 10.4. The van der Waals surface area contributed by atoms with E-state index in [0.29, 0.717) is 5.92 Å². The zero-order valence-corrected chi connectivity index (χ0v) is 12.9. The van der Waals surface area contributed by atoms with Crippen LogP contribution in [-0.4, -0.2) is 27.9 Å². The van der Waals surface area contributed by atoms with E-state index in [1.54, 1.807) is 0 Å². The van der Waals surface area contributed by atoms with Crippen molar-refractivity contribution in [2.45, 2.75) is 33.1 Å². The SMILES string of the molecule is Cc1nnc(CC(C)C2CCCNC2)n1-c1ccccc1. The van der Waals surface area contributed by atoms with Crippen LogP contribution >= 0.6 is 0 Å². The maximum atomic E-state index is 4.42. The van der Waals surface area contributed by atoms with Gasteiger partial charge in [0.2, 0.25) is 0 Å². The van der Waals surface area contributed by atoms with Crippen LogP contribution in [0.15, 0.2) is 30.3 Å². The molecular formula is C17H24N4. The lowest BCUT2D eigenvalue weighted by Gasteiger charge is -2.28. The zero-order chi connectivity index (χ0) is 14.7. The lowest BCUT2D eigenvalue weighted by atomic mass is 9.85. The molecule has 0 amide bonds. The Morgan fingerprint density at radius 2 is 2.10 bits per heavy atom. The van der Waals surface area contributed by atoms with Gasteiger partial charge in [-0.2, -0.15) is 0 Å². The Morgan fingerprint density at radius 3 is 2.81 bits per heavy atom. The molecule has 1 saturated heterocycles. The van der Waals surface area contributed by atoms with Gasteiger partial charge in [0.25, 0.3) is 0 Å². The molecule has 0 radical (unpaired) electrons. The van der Waals surface area contributed by atoms with Crippen molar-refractivity contribution in [1.29, 1.82) is 0 Å². The number of nitrogens with one attached hydrogen (secondary N) is 1. The van der Waals surface area contributed by atoms with Gasteiger partial charge in [-0.15, -0.1) is 10.2 Å². The van der Waals surface area contributed by atoms with Crippen LogP contribution in [-0.2, 0) is 6.42 Å². The molecule has 21 heavy (non-hydrogen) atoms. The smallest absolute Gasteiger partial charge is 0.137 e. The Hall–Kier alpha value is -1.68. The number of benzene rings is 1. The molecule has 1 fully saturated rings. The molecule has 1 N–H and O–H groups in total. The predicted molar refractivity (Wildman–Crippen MR) is 84.6 cm³/mol. The van der Waals surface area contributed by atoms with E-state index in [4.69, 9.17) is 0 Å². The molecule has 4 nitrogen and oxygen atoms in total. The number of aromatic nitrogens is 3. The quantitative estimate of drug-likeness (QED) is 0.939. The van der Waals surface area contributed by atoms with Crippen molar-refractivity contribution in [1.82, 2.24) is 20.1 Å². The van der Waals surface area contributed by atoms with E-state index in [1.807, 2.05) is 13.0 Å². The first-order valence-electron chi connectivity index (χ1n) is 7.92. The molecule has 2 atom stereocenters. The molecular weight excluding hydrogens is 260 g/mol. The van der Waals surface area contributed by atoms with Crippen LogP contribution in [0.3, 0.4) is 0 Å². The van der Waals surface area contributed by atoms with Gasteiger partial charge < -0.3 is 5.32 Å². The summed E-state index contributed by atoms with van der Waals surface area (Å²) in [6.45, 7) is 6.68.